The fraction of sp³-hybridized carbons (Fsp3) is 0.136. The molecule has 0 spiro atoms. The van der Waals surface area contributed by atoms with Gasteiger partial charge < -0.3 is 9.47 Å². The van der Waals surface area contributed by atoms with E-state index in [-0.39, 0.29) is 0 Å². The van der Waals surface area contributed by atoms with E-state index in [1.165, 1.54) is 0 Å². The van der Waals surface area contributed by atoms with Gasteiger partial charge in [-0.15, -0.1) is 0 Å². The summed E-state index contributed by atoms with van der Waals surface area (Å²) in [5.41, 5.74) is 3.56. The minimum absolute atomic E-state index is 0.431. The van der Waals surface area contributed by atoms with E-state index in [1.807, 2.05) is 79.7 Å². The Kier molecular flexibility index (Phi) is 5.47. The molecule has 0 fully saturated rings. The van der Waals surface area contributed by atoms with Gasteiger partial charge in [0.05, 0.1) is 12.2 Å². The molecular formula is C22H20O3. The van der Waals surface area contributed by atoms with Gasteiger partial charge in [-0.1, -0.05) is 48.5 Å². The van der Waals surface area contributed by atoms with Gasteiger partial charge in [0.1, 0.15) is 18.1 Å². The van der Waals surface area contributed by atoms with Crippen LogP contribution in [0.25, 0.3) is 11.1 Å². The number of ether oxygens (including phenoxy) is 2. The molecular weight excluding hydrogens is 312 g/mol. The Hall–Kier alpha value is -3.07. The molecule has 0 aliphatic carbocycles. The van der Waals surface area contributed by atoms with Gasteiger partial charge in [-0.2, -0.15) is 0 Å². The lowest BCUT2D eigenvalue weighted by molar-refractivity contribution is 0.111. The minimum atomic E-state index is 0.431. The van der Waals surface area contributed by atoms with Crippen molar-refractivity contribution in [3.05, 3.63) is 83.9 Å². The first-order valence-corrected chi connectivity index (χ1v) is 8.29. The largest absolute Gasteiger partial charge is 0.494 e. The highest BCUT2D eigenvalue weighted by atomic mass is 16.5. The Morgan fingerprint density at radius 2 is 1.64 bits per heavy atom. The van der Waals surface area contributed by atoms with E-state index in [4.69, 9.17) is 9.47 Å². The SMILES string of the molecule is CCOc1cccc(-c2ccc(OCc3ccccc3)c(C=O)c2)c1. The van der Waals surface area contributed by atoms with Crippen LogP contribution in [0.5, 0.6) is 11.5 Å². The number of carbonyl (C=O) groups is 1. The summed E-state index contributed by atoms with van der Waals surface area (Å²) >= 11 is 0. The zero-order valence-electron chi connectivity index (χ0n) is 14.1. The molecule has 0 amide bonds. The van der Waals surface area contributed by atoms with Crippen molar-refractivity contribution in [2.75, 3.05) is 6.61 Å². The summed E-state index contributed by atoms with van der Waals surface area (Å²) in [6.45, 7) is 3.01. The van der Waals surface area contributed by atoms with Gasteiger partial charge in [0.2, 0.25) is 0 Å². The van der Waals surface area contributed by atoms with E-state index in [9.17, 15) is 4.79 Å². The van der Waals surface area contributed by atoms with Crippen LogP contribution in [0.3, 0.4) is 0 Å². The average molecular weight is 332 g/mol. The van der Waals surface area contributed by atoms with E-state index in [1.54, 1.807) is 0 Å². The summed E-state index contributed by atoms with van der Waals surface area (Å²) < 4.78 is 11.4. The molecule has 0 saturated heterocycles. The lowest BCUT2D eigenvalue weighted by atomic mass is 10.0. The maximum absolute atomic E-state index is 11.5. The summed E-state index contributed by atoms with van der Waals surface area (Å²) in [4.78, 5) is 11.5. The molecule has 0 bridgehead atoms. The van der Waals surface area contributed by atoms with Crippen molar-refractivity contribution in [3.63, 3.8) is 0 Å². The van der Waals surface area contributed by atoms with Crippen molar-refractivity contribution in [1.82, 2.24) is 0 Å². The quantitative estimate of drug-likeness (QED) is 0.562. The van der Waals surface area contributed by atoms with Gasteiger partial charge in [-0.25, -0.2) is 0 Å². The molecule has 126 valence electrons. The smallest absolute Gasteiger partial charge is 0.153 e. The second kappa shape index (κ2) is 8.15. The second-order valence-electron chi connectivity index (χ2n) is 5.61. The van der Waals surface area contributed by atoms with Crippen LogP contribution in [0.4, 0.5) is 0 Å². The van der Waals surface area contributed by atoms with Gasteiger partial charge in [0.25, 0.3) is 0 Å². The monoisotopic (exact) mass is 332 g/mol. The van der Waals surface area contributed by atoms with E-state index in [0.29, 0.717) is 24.5 Å². The zero-order chi connectivity index (χ0) is 17.5. The predicted octanol–water partition coefficient (Wildman–Crippen LogP) is 5.14. The Morgan fingerprint density at radius 1 is 0.840 bits per heavy atom. The number of rotatable bonds is 7. The maximum Gasteiger partial charge on any atom is 0.153 e. The molecule has 3 heteroatoms. The van der Waals surface area contributed by atoms with Crippen LogP contribution in [0.1, 0.15) is 22.8 Å². The molecule has 0 N–H and O–H groups in total. The molecule has 3 rings (SSSR count). The standard InChI is InChI=1S/C22H20O3/c1-2-24-21-10-6-9-18(14-21)19-11-12-22(20(13-19)15-23)25-16-17-7-4-3-5-8-17/h3-15H,2,16H2,1H3. The Bertz CT molecular complexity index is 841. The third-order valence-corrected chi connectivity index (χ3v) is 3.85. The lowest BCUT2D eigenvalue weighted by Gasteiger charge is -2.11. The van der Waals surface area contributed by atoms with Crippen molar-refractivity contribution in [2.24, 2.45) is 0 Å². The highest BCUT2D eigenvalue weighted by Crippen LogP contribution is 2.28. The van der Waals surface area contributed by atoms with E-state index in [0.717, 1.165) is 28.7 Å². The molecule has 3 aromatic carbocycles. The molecule has 0 atom stereocenters. The molecule has 0 unspecified atom stereocenters. The number of benzene rings is 3. The summed E-state index contributed by atoms with van der Waals surface area (Å²) in [7, 11) is 0. The number of hydrogen-bond donors (Lipinski definition) is 0. The van der Waals surface area contributed by atoms with Crippen LogP contribution in [0.2, 0.25) is 0 Å². The first kappa shape index (κ1) is 16.8. The normalized spacial score (nSPS) is 10.3. The summed E-state index contributed by atoms with van der Waals surface area (Å²) in [5, 5.41) is 0. The predicted molar refractivity (Wildman–Crippen MR) is 99.2 cm³/mol. The highest BCUT2D eigenvalue weighted by Gasteiger charge is 2.07. The van der Waals surface area contributed by atoms with Crippen LogP contribution in [-0.2, 0) is 6.61 Å². The van der Waals surface area contributed by atoms with Gasteiger partial charge in [0.15, 0.2) is 6.29 Å². The van der Waals surface area contributed by atoms with Crippen molar-refractivity contribution in [2.45, 2.75) is 13.5 Å². The van der Waals surface area contributed by atoms with Gasteiger partial charge in [-0.3, -0.25) is 4.79 Å². The van der Waals surface area contributed by atoms with Crippen molar-refractivity contribution in [3.8, 4) is 22.6 Å². The Balaban J connectivity index is 1.82. The summed E-state index contributed by atoms with van der Waals surface area (Å²) in [5.74, 6) is 1.40. The van der Waals surface area contributed by atoms with E-state index >= 15 is 0 Å². The fourth-order valence-corrected chi connectivity index (χ4v) is 2.62. The fourth-order valence-electron chi connectivity index (χ4n) is 2.62. The molecule has 0 aliphatic heterocycles. The van der Waals surface area contributed by atoms with Gasteiger partial charge in [0, 0.05) is 0 Å². The Morgan fingerprint density at radius 3 is 2.40 bits per heavy atom. The molecule has 0 saturated carbocycles. The first-order valence-electron chi connectivity index (χ1n) is 8.29. The zero-order valence-corrected chi connectivity index (χ0v) is 14.1. The van der Waals surface area contributed by atoms with Gasteiger partial charge >= 0.3 is 0 Å². The van der Waals surface area contributed by atoms with Crippen LogP contribution in [-0.4, -0.2) is 12.9 Å². The molecule has 3 nitrogen and oxygen atoms in total. The third kappa shape index (κ3) is 4.27. The Labute approximate surface area is 147 Å². The second-order valence-corrected chi connectivity index (χ2v) is 5.61. The average Bonchev–Trinajstić information content (AvgIpc) is 2.67. The molecule has 0 radical (unpaired) electrons. The van der Waals surface area contributed by atoms with Crippen molar-refractivity contribution < 1.29 is 14.3 Å². The molecule has 0 aromatic heterocycles. The van der Waals surface area contributed by atoms with Crippen LogP contribution in [0.15, 0.2) is 72.8 Å². The minimum Gasteiger partial charge on any atom is -0.494 e. The van der Waals surface area contributed by atoms with E-state index < -0.39 is 0 Å². The van der Waals surface area contributed by atoms with Crippen LogP contribution in [0, 0.1) is 0 Å². The summed E-state index contributed by atoms with van der Waals surface area (Å²) in [6.07, 6.45) is 0.830. The topological polar surface area (TPSA) is 35.5 Å². The number of hydrogen-bond acceptors (Lipinski definition) is 3. The molecule has 0 aliphatic rings. The highest BCUT2D eigenvalue weighted by molar-refractivity contribution is 5.83. The van der Waals surface area contributed by atoms with Crippen LogP contribution < -0.4 is 9.47 Å². The van der Waals surface area contributed by atoms with E-state index in [2.05, 4.69) is 0 Å². The molecule has 3 aromatic rings. The summed E-state index contributed by atoms with van der Waals surface area (Å²) in [6, 6.07) is 23.4. The van der Waals surface area contributed by atoms with Crippen LogP contribution >= 0.6 is 0 Å². The third-order valence-electron chi connectivity index (χ3n) is 3.85. The molecule has 0 heterocycles. The van der Waals surface area contributed by atoms with Gasteiger partial charge in [-0.05, 0) is 47.9 Å². The van der Waals surface area contributed by atoms with Crippen molar-refractivity contribution in [1.29, 1.82) is 0 Å². The lowest BCUT2D eigenvalue weighted by Crippen LogP contribution is -1.98. The molecule has 25 heavy (non-hydrogen) atoms. The first-order chi connectivity index (χ1) is 12.3. The number of carbonyl (C=O) groups excluding carboxylic acids is 1. The number of aldehydes is 1. The van der Waals surface area contributed by atoms with Crippen molar-refractivity contribution >= 4 is 6.29 Å². The maximum atomic E-state index is 11.5.